The number of rotatable bonds is 5. The minimum atomic E-state index is 0.0507. The molecule has 1 N–H and O–H groups in total. The largest absolute Gasteiger partial charge is 0.306 e. The maximum atomic E-state index is 6.13. The third kappa shape index (κ3) is 3.95. The molecule has 0 bridgehead atoms. The van der Waals surface area contributed by atoms with Gasteiger partial charge in [-0.25, -0.2) is 0 Å². The van der Waals surface area contributed by atoms with Gasteiger partial charge in [0.15, 0.2) is 0 Å². The first kappa shape index (κ1) is 15.8. The van der Waals surface area contributed by atoms with E-state index in [2.05, 4.69) is 39.2 Å². The van der Waals surface area contributed by atoms with E-state index in [-0.39, 0.29) is 6.04 Å². The van der Waals surface area contributed by atoms with Gasteiger partial charge in [0.1, 0.15) is 0 Å². The Bertz CT molecular complexity index is 590. The molecule has 1 atom stereocenters. The van der Waals surface area contributed by atoms with Crippen LogP contribution in [0.5, 0.6) is 0 Å². The van der Waals surface area contributed by atoms with E-state index in [0.29, 0.717) is 10.0 Å². The van der Waals surface area contributed by atoms with Crippen LogP contribution in [0.15, 0.2) is 41.1 Å². The van der Waals surface area contributed by atoms with Crippen LogP contribution < -0.4 is 5.32 Å². The molecule has 1 aromatic heterocycles. The van der Waals surface area contributed by atoms with Crippen molar-refractivity contribution in [1.82, 2.24) is 10.3 Å². The fourth-order valence-corrected chi connectivity index (χ4v) is 2.68. The highest BCUT2D eigenvalue weighted by Crippen LogP contribution is 2.29. The first-order chi connectivity index (χ1) is 9.61. The summed E-state index contributed by atoms with van der Waals surface area (Å²) in [6.07, 6.45) is 4.69. The van der Waals surface area contributed by atoms with Gasteiger partial charge >= 0.3 is 0 Å². The molecule has 0 saturated heterocycles. The summed E-state index contributed by atoms with van der Waals surface area (Å²) in [4.78, 5) is 4.23. The lowest BCUT2D eigenvalue weighted by molar-refractivity contribution is 0.597. The summed E-state index contributed by atoms with van der Waals surface area (Å²) < 4.78 is 0.957. The quantitative estimate of drug-likeness (QED) is 0.775. The molecular formula is C15H15BrCl2N2. The number of pyridine rings is 1. The van der Waals surface area contributed by atoms with Gasteiger partial charge in [0.05, 0.1) is 16.1 Å². The van der Waals surface area contributed by atoms with Gasteiger partial charge in [0.25, 0.3) is 0 Å². The molecule has 0 aliphatic carbocycles. The van der Waals surface area contributed by atoms with Crippen molar-refractivity contribution in [1.29, 1.82) is 0 Å². The summed E-state index contributed by atoms with van der Waals surface area (Å²) in [5.74, 6) is 0. The second kappa shape index (κ2) is 7.41. The first-order valence-electron chi connectivity index (χ1n) is 6.40. The van der Waals surface area contributed by atoms with Crippen molar-refractivity contribution in [3.63, 3.8) is 0 Å². The molecule has 0 fully saturated rings. The van der Waals surface area contributed by atoms with Gasteiger partial charge in [-0.15, -0.1) is 0 Å². The minimum absolute atomic E-state index is 0.0507. The van der Waals surface area contributed by atoms with Crippen LogP contribution in [-0.2, 0) is 0 Å². The van der Waals surface area contributed by atoms with E-state index in [4.69, 9.17) is 23.2 Å². The number of nitrogens with one attached hydrogen (secondary N) is 1. The Balaban J connectivity index is 2.38. The van der Waals surface area contributed by atoms with E-state index in [0.717, 1.165) is 28.6 Å². The minimum Gasteiger partial charge on any atom is -0.306 e. The molecule has 2 aromatic rings. The van der Waals surface area contributed by atoms with E-state index < -0.39 is 0 Å². The van der Waals surface area contributed by atoms with Crippen molar-refractivity contribution in [2.75, 3.05) is 6.54 Å². The van der Waals surface area contributed by atoms with Gasteiger partial charge in [0, 0.05) is 16.9 Å². The molecule has 0 aliphatic rings. The van der Waals surface area contributed by atoms with E-state index in [9.17, 15) is 0 Å². The summed E-state index contributed by atoms with van der Waals surface area (Å²) in [6.45, 7) is 3.05. The summed E-state index contributed by atoms with van der Waals surface area (Å²) >= 11 is 15.6. The lowest BCUT2D eigenvalue weighted by atomic mass is 10.00. The van der Waals surface area contributed by atoms with Crippen LogP contribution in [0.3, 0.4) is 0 Å². The van der Waals surface area contributed by atoms with Crippen molar-refractivity contribution < 1.29 is 0 Å². The Hall–Kier alpha value is -0.610. The van der Waals surface area contributed by atoms with Crippen molar-refractivity contribution in [3.05, 3.63) is 62.3 Å². The van der Waals surface area contributed by atoms with E-state index >= 15 is 0 Å². The topological polar surface area (TPSA) is 24.9 Å². The molecule has 0 radical (unpaired) electrons. The normalized spacial score (nSPS) is 12.4. The van der Waals surface area contributed by atoms with Gasteiger partial charge in [-0.3, -0.25) is 4.98 Å². The highest BCUT2D eigenvalue weighted by Gasteiger charge is 2.15. The molecule has 0 amide bonds. The molecule has 0 aliphatic heterocycles. The SMILES string of the molecule is CCCNC(c1cncc(Br)c1)c1ccc(Cl)c(Cl)c1. The van der Waals surface area contributed by atoms with Crippen LogP contribution in [0, 0.1) is 0 Å². The highest BCUT2D eigenvalue weighted by atomic mass is 79.9. The predicted molar refractivity (Wildman–Crippen MR) is 88.5 cm³/mol. The molecule has 5 heteroatoms. The third-order valence-electron chi connectivity index (χ3n) is 2.93. The lowest BCUT2D eigenvalue weighted by Gasteiger charge is -2.20. The molecular weight excluding hydrogens is 359 g/mol. The maximum absolute atomic E-state index is 6.13. The number of benzene rings is 1. The average Bonchev–Trinajstić information content (AvgIpc) is 2.43. The number of halogens is 3. The summed E-state index contributed by atoms with van der Waals surface area (Å²) in [6, 6.07) is 7.82. The number of aromatic nitrogens is 1. The van der Waals surface area contributed by atoms with Crippen molar-refractivity contribution in [2.24, 2.45) is 0 Å². The highest BCUT2D eigenvalue weighted by molar-refractivity contribution is 9.10. The zero-order valence-corrected chi connectivity index (χ0v) is 14.1. The van der Waals surface area contributed by atoms with Crippen LogP contribution in [0.2, 0.25) is 10.0 Å². The molecule has 1 heterocycles. The van der Waals surface area contributed by atoms with Crippen LogP contribution >= 0.6 is 39.1 Å². The Kier molecular flexibility index (Phi) is 5.85. The van der Waals surface area contributed by atoms with Crippen molar-refractivity contribution in [3.8, 4) is 0 Å². The monoisotopic (exact) mass is 372 g/mol. The van der Waals surface area contributed by atoms with Gasteiger partial charge < -0.3 is 5.32 Å². The average molecular weight is 374 g/mol. The van der Waals surface area contributed by atoms with Crippen LogP contribution in [0.4, 0.5) is 0 Å². The Labute approximate surface area is 137 Å². The third-order valence-corrected chi connectivity index (χ3v) is 4.11. The summed E-state index contributed by atoms with van der Waals surface area (Å²) in [7, 11) is 0. The molecule has 0 spiro atoms. The van der Waals surface area contributed by atoms with Crippen LogP contribution in [0.1, 0.15) is 30.5 Å². The van der Waals surface area contributed by atoms with Crippen LogP contribution in [0.25, 0.3) is 0 Å². The van der Waals surface area contributed by atoms with Crippen LogP contribution in [-0.4, -0.2) is 11.5 Å². The first-order valence-corrected chi connectivity index (χ1v) is 7.95. The van der Waals surface area contributed by atoms with Gasteiger partial charge in [0.2, 0.25) is 0 Å². The molecule has 1 unspecified atom stereocenters. The predicted octanol–water partition coefficient (Wildman–Crippen LogP) is 5.24. The van der Waals surface area contributed by atoms with Gasteiger partial charge in [-0.1, -0.05) is 36.2 Å². The molecule has 0 saturated carbocycles. The van der Waals surface area contributed by atoms with Crippen molar-refractivity contribution in [2.45, 2.75) is 19.4 Å². The maximum Gasteiger partial charge on any atom is 0.0595 e. The smallest absolute Gasteiger partial charge is 0.0595 e. The van der Waals surface area contributed by atoms with E-state index in [1.54, 1.807) is 6.20 Å². The Morgan fingerprint density at radius 1 is 1.15 bits per heavy atom. The fourth-order valence-electron chi connectivity index (χ4n) is 1.99. The summed E-state index contributed by atoms with van der Waals surface area (Å²) in [5.41, 5.74) is 2.17. The molecule has 20 heavy (non-hydrogen) atoms. The number of hydrogen-bond donors (Lipinski definition) is 1. The Morgan fingerprint density at radius 2 is 1.95 bits per heavy atom. The number of nitrogens with zero attached hydrogens (tertiary/aromatic N) is 1. The molecule has 1 aromatic carbocycles. The van der Waals surface area contributed by atoms with Gasteiger partial charge in [-0.2, -0.15) is 0 Å². The molecule has 106 valence electrons. The molecule has 2 nitrogen and oxygen atoms in total. The van der Waals surface area contributed by atoms with E-state index in [1.807, 2.05) is 24.4 Å². The lowest BCUT2D eigenvalue weighted by Crippen LogP contribution is -2.23. The van der Waals surface area contributed by atoms with Crippen molar-refractivity contribution >= 4 is 39.1 Å². The zero-order chi connectivity index (χ0) is 14.5. The van der Waals surface area contributed by atoms with Gasteiger partial charge in [-0.05, 0) is 58.2 Å². The second-order valence-corrected chi connectivity index (χ2v) is 6.23. The Morgan fingerprint density at radius 3 is 2.60 bits per heavy atom. The zero-order valence-electron chi connectivity index (χ0n) is 11.0. The fraction of sp³-hybridized carbons (Fsp3) is 0.267. The summed E-state index contributed by atoms with van der Waals surface area (Å²) in [5, 5.41) is 4.65. The molecule has 2 rings (SSSR count). The standard InChI is InChI=1S/C15H15BrCl2N2/c1-2-5-20-15(11-6-12(16)9-19-8-11)10-3-4-13(17)14(18)7-10/h3-4,6-9,15,20H,2,5H2,1H3. The second-order valence-electron chi connectivity index (χ2n) is 4.50. The van der Waals surface area contributed by atoms with E-state index in [1.165, 1.54) is 0 Å². The number of hydrogen-bond acceptors (Lipinski definition) is 2.